The van der Waals surface area contributed by atoms with Crippen LogP contribution in [0.1, 0.15) is 18.4 Å². The summed E-state index contributed by atoms with van der Waals surface area (Å²) in [6.07, 6.45) is 1.17. The monoisotopic (exact) mass is 407 g/mol. The number of ether oxygens (including phenoxy) is 1. The fourth-order valence-corrected chi connectivity index (χ4v) is 3.75. The minimum atomic E-state index is 0.208. The van der Waals surface area contributed by atoms with Crippen LogP contribution >= 0.6 is 23.2 Å². The van der Waals surface area contributed by atoms with E-state index in [4.69, 9.17) is 27.9 Å². The highest BCUT2D eigenvalue weighted by molar-refractivity contribution is 6.35. The molecule has 6 heteroatoms. The van der Waals surface area contributed by atoms with Crippen molar-refractivity contribution < 1.29 is 14.4 Å². The zero-order valence-corrected chi connectivity index (χ0v) is 16.8. The van der Waals surface area contributed by atoms with Crippen LogP contribution in [-0.2, 0) is 11.3 Å². The molecule has 144 valence electrons. The van der Waals surface area contributed by atoms with Crippen LogP contribution in [0.5, 0.6) is 5.75 Å². The maximum Gasteiger partial charge on any atom is 0.223 e. The average molecular weight is 408 g/mol. The molecule has 4 nitrogen and oxygen atoms in total. The molecule has 1 heterocycles. The second-order valence-corrected chi connectivity index (χ2v) is 7.66. The number of quaternary nitrogens is 1. The second-order valence-electron chi connectivity index (χ2n) is 6.82. The van der Waals surface area contributed by atoms with Crippen molar-refractivity contribution in [1.82, 2.24) is 4.90 Å². The number of rotatable bonds is 7. The summed E-state index contributed by atoms with van der Waals surface area (Å²) in [6.45, 7) is 5.13. The highest BCUT2D eigenvalue weighted by Crippen LogP contribution is 2.27. The van der Waals surface area contributed by atoms with E-state index in [2.05, 4.69) is 24.3 Å². The lowest BCUT2D eigenvalue weighted by molar-refractivity contribution is -0.917. The molecule has 0 atom stereocenters. The summed E-state index contributed by atoms with van der Waals surface area (Å²) < 4.78 is 5.65. The molecule has 0 radical (unpaired) electrons. The third kappa shape index (κ3) is 6.13. The average Bonchev–Trinajstić information content (AvgIpc) is 2.68. The zero-order chi connectivity index (χ0) is 19.1. The van der Waals surface area contributed by atoms with Crippen LogP contribution < -0.4 is 9.64 Å². The van der Waals surface area contributed by atoms with Crippen molar-refractivity contribution >= 4 is 29.1 Å². The zero-order valence-electron chi connectivity index (χ0n) is 15.3. The summed E-state index contributed by atoms with van der Waals surface area (Å²) in [5, 5.41) is 1.07. The van der Waals surface area contributed by atoms with E-state index in [-0.39, 0.29) is 5.91 Å². The summed E-state index contributed by atoms with van der Waals surface area (Å²) in [4.78, 5) is 15.9. The van der Waals surface area contributed by atoms with Crippen LogP contribution in [-0.4, -0.2) is 43.6 Å². The smallest absolute Gasteiger partial charge is 0.223 e. The Morgan fingerprint density at radius 2 is 1.81 bits per heavy atom. The van der Waals surface area contributed by atoms with Crippen molar-refractivity contribution in [2.45, 2.75) is 19.4 Å². The number of nitrogens with zero attached hydrogens (tertiary/aromatic N) is 1. The molecule has 0 bridgehead atoms. The summed E-state index contributed by atoms with van der Waals surface area (Å²) in [7, 11) is 0. The first-order chi connectivity index (χ1) is 13.1. The van der Waals surface area contributed by atoms with Gasteiger partial charge in [0, 0.05) is 17.0 Å². The Bertz CT molecular complexity index is 747. The van der Waals surface area contributed by atoms with Crippen molar-refractivity contribution in [1.29, 1.82) is 0 Å². The van der Waals surface area contributed by atoms with Crippen LogP contribution in [0.3, 0.4) is 0 Å². The number of halogens is 2. The highest BCUT2D eigenvalue weighted by Gasteiger charge is 2.23. The molecule has 0 spiro atoms. The van der Waals surface area contributed by atoms with Crippen LogP contribution in [0.2, 0.25) is 10.0 Å². The Kier molecular flexibility index (Phi) is 7.39. The van der Waals surface area contributed by atoms with E-state index < -0.39 is 0 Å². The van der Waals surface area contributed by atoms with Gasteiger partial charge in [0.05, 0.1) is 37.8 Å². The Morgan fingerprint density at radius 3 is 2.52 bits per heavy atom. The van der Waals surface area contributed by atoms with Gasteiger partial charge < -0.3 is 14.5 Å². The predicted molar refractivity (Wildman–Crippen MR) is 109 cm³/mol. The van der Waals surface area contributed by atoms with Crippen molar-refractivity contribution in [2.75, 3.05) is 32.8 Å². The lowest BCUT2D eigenvalue weighted by Crippen LogP contribution is -3.13. The number of hydrogen-bond donors (Lipinski definition) is 1. The maximum atomic E-state index is 12.4. The summed E-state index contributed by atoms with van der Waals surface area (Å²) in [5.74, 6) is 0.811. The number of piperazine rings is 1. The molecule has 0 aromatic heterocycles. The molecule has 1 aliphatic rings. The molecular weight excluding hydrogens is 383 g/mol. The lowest BCUT2D eigenvalue weighted by Gasteiger charge is -2.32. The van der Waals surface area contributed by atoms with Gasteiger partial charge in [0.15, 0.2) is 0 Å². The third-order valence-corrected chi connectivity index (χ3v) is 5.34. The van der Waals surface area contributed by atoms with Crippen molar-refractivity contribution in [2.24, 2.45) is 0 Å². The van der Waals surface area contributed by atoms with E-state index in [1.54, 1.807) is 18.2 Å². The summed E-state index contributed by atoms with van der Waals surface area (Å²) >= 11 is 11.9. The van der Waals surface area contributed by atoms with Crippen LogP contribution in [0.4, 0.5) is 0 Å². The van der Waals surface area contributed by atoms with Gasteiger partial charge in [-0.2, -0.15) is 0 Å². The largest absolute Gasteiger partial charge is 0.492 e. The fourth-order valence-electron chi connectivity index (χ4n) is 3.29. The lowest BCUT2D eigenvalue weighted by atomic mass is 10.2. The summed E-state index contributed by atoms with van der Waals surface area (Å²) in [6, 6.07) is 15.7. The van der Waals surface area contributed by atoms with Crippen molar-refractivity contribution in [3.8, 4) is 5.75 Å². The summed E-state index contributed by atoms with van der Waals surface area (Å²) in [5.41, 5.74) is 1.35. The molecule has 2 aromatic carbocycles. The van der Waals surface area contributed by atoms with E-state index in [0.29, 0.717) is 35.2 Å². The maximum absolute atomic E-state index is 12.4. The SMILES string of the molecule is O=C(CCCOc1ccc(Cl)cc1Cl)N1CC[NH+](Cc2ccccc2)CC1. The van der Waals surface area contributed by atoms with Gasteiger partial charge >= 0.3 is 0 Å². The molecule has 27 heavy (non-hydrogen) atoms. The third-order valence-electron chi connectivity index (χ3n) is 4.81. The predicted octanol–water partition coefficient (Wildman–Crippen LogP) is 3.08. The highest BCUT2D eigenvalue weighted by atomic mass is 35.5. The molecule has 1 fully saturated rings. The van der Waals surface area contributed by atoms with E-state index in [9.17, 15) is 4.79 Å². The van der Waals surface area contributed by atoms with E-state index in [0.717, 1.165) is 32.7 Å². The quantitative estimate of drug-likeness (QED) is 0.715. The molecule has 0 saturated carbocycles. The molecule has 1 saturated heterocycles. The molecule has 0 aliphatic carbocycles. The molecule has 2 aromatic rings. The van der Waals surface area contributed by atoms with E-state index in [1.807, 2.05) is 11.0 Å². The Balaban J connectivity index is 1.34. The Labute approximate surface area is 170 Å². The number of carbonyl (C=O) groups excluding carboxylic acids is 1. The van der Waals surface area contributed by atoms with Gasteiger partial charge in [0.2, 0.25) is 5.91 Å². The Morgan fingerprint density at radius 1 is 1.07 bits per heavy atom. The molecule has 1 aliphatic heterocycles. The fraction of sp³-hybridized carbons (Fsp3) is 0.381. The van der Waals surface area contributed by atoms with Gasteiger partial charge in [-0.15, -0.1) is 0 Å². The topological polar surface area (TPSA) is 34.0 Å². The normalized spacial score (nSPS) is 15.0. The standard InChI is InChI=1S/C21H24Cl2N2O2/c22-18-8-9-20(19(23)15-18)27-14-4-7-21(26)25-12-10-24(11-13-25)16-17-5-2-1-3-6-17/h1-3,5-6,8-9,15H,4,7,10-14,16H2/p+1. The van der Waals surface area contributed by atoms with Crippen LogP contribution in [0.25, 0.3) is 0 Å². The molecule has 1 amide bonds. The molecular formula is C21H25Cl2N2O2+. The van der Waals surface area contributed by atoms with Gasteiger partial charge in [-0.25, -0.2) is 0 Å². The first-order valence-corrected chi connectivity index (χ1v) is 10.1. The van der Waals surface area contributed by atoms with Crippen LogP contribution in [0, 0.1) is 0 Å². The number of hydrogen-bond acceptors (Lipinski definition) is 2. The number of nitrogens with one attached hydrogen (secondary N) is 1. The number of benzene rings is 2. The molecule has 1 N–H and O–H groups in total. The number of amides is 1. The van der Waals surface area contributed by atoms with Gasteiger partial charge in [0.25, 0.3) is 0 Å². The van der Waals surface area contributed by atoms with Crippen LogP contribution in [0.15, 0.2) is 48.5 Å². The van der Waals surface area contributed by atoms with Gasteiger partial charge in [-0.05, 0) is 24.6 Å². The first kappa shape index (κ1) is 20.0. The number of carbonyl (C=O) groups is 1. The second kappa shape index (κ2) is 9.98. The van der Waals surface area contributed by atoms with Gasteiger partial charge in [0.1, 0.15) is 12.3 Å². The minimum Gasteiger partial charge on any atom is -0.492 e. The van der Waals surface area contributed by atoms with Gasteiger partial charge in [-0.3, -0.25) is 4.79 Å². The molecule has 3 rings (SSSR count). The first-order valence-electron chi connectivity index (χ1n) is 9.35. The van der Waals surface area contributed by atoms with Crippen molar-refractivity contribution in [3.05, 3.63) is 64.1 Å². The van der Waals surface area contributed by atoms with E-state index in [1.165, 1.54) is 10.5 Å². The minimum absolute atomic E-state index is 0.208. The molecule has 0 unspecified atom stereocenters. The van der Waals surface area contributed by atoms with Gasteiger partial charge in [-0.1, -0.05) is 53.5 Å². The Hall–Kier alpha value is -1.75. The van der Waals surface area contributed by atoms with E-state index >= 15 is 0 Å². The van der Waals surface area contributed by atoms with Crippen molar-refractivity contribution in [3.63, 3.8) is 0 Å².